The summed E-state index contributed by atoms with van der Waals surface area (Å²) >= 11 is 3.31. The molecule has 14 heavy (non-hydrogen) atoms. The van der Waals surface area contributed by atoms with Crippen molar-refractivity contribution >= 4 is 15.9 Å². The van der Waals surface area contributed by atoms with Crippen LogP contribution < -0.4 is 0 Å². The van der Waals surface area contributed by atoms with Crippen molar-refractivity contribution in [2.45, 2.75) is 19.9 Å². The van der Waals surface area contributed by atoms with Gasteiger partial charge < -0.3 is 4.52 Å². The highest BCUT2D eigenvalue weighted by Gasteiger charge is 2.05. The summed E-state index contributed by atoms with van der Waals surface area (Å²) in [5.74, 6) is 1.31. The van der Waals surface area contributed by atoms with Crippen LogP contribution in [0.4, 0.5) is 0 Å². The SMILES string of the molecule is CCc1noc(Cn2cc(Br)cn2)n1. The van der Waals surface area contributed by atoms with Crippen molar-refractivity contribution < 1.29 is 4.52 Å². The van der Waals surface area contributed by atoms with Crippen molar-refractivity contribution in [3.63, 3.8) is 0 Å². The van der Waals surface area contributed by atoms with E-state index in [9.17, 15) is 0 Å². The molecular formula is C8H9BrN4O. The van der Waals surface area contributed by atoms with Crippen LogP contribution in [0.25, 0.3) is 0 Å². The van der Waals surface area contributed by atoms with Crippen LogP contribution in [0.15, 0.2) is 21.4 Å². The van der Waals surface area contributed by atoms with E-state index in [-0.39, 0.29) is 0 Å². The van der Waals surface area contributed by atoms with Crippen molar-refractivity contribution in [1.82, 2.24) is 19.9 Å². The van der Waals surface area contributed by atoms with E-state index < -0.39 is 0 Å². The molecule has 0 saturated heterocycles. The van der Waals surface area contributed by atoms with Gasteiger partial charge in [0.15, 0.2) is 5.82 Å². The van der Waals surface area contributed by atoms with Crippen molar-refractivity contribution in [1.29, 1.82) is 0 Å². The lowest BCUT2D eigenvalue weighted by atomic mass is 10.5. The van der Waals surface area contributed by atoms with Crippen LogP contribution in [0, 0.1) is 0 Å². The van der Waals surface area contributed by atoms with E-state index in [1.54, 1.807) is 10.9 Å². The minimum atomic E-state index is 0.513. The molecular weight excluding hydrogens is 248 g/mol. The molecule has 2 rings (SSSR count). The Morgan fingerprint density at radius 3 is 3.00 bits per heavy atom. The van der Waals surface area contributed by atoms with Gasteiger partial charge in [-0.05, 0) is 15.9 Å². The second kappa shape index (κ2) is 3.91. The van der Waals surface area contributed by atoms with Crippen LogP contribution in [0.5, 0.6) is 0 Å². The second-order valence-corrected chi connectivity index (χ2v) is 3.73. The topological polar surface area (TPSA) is 56.7 Å². The maximum atomic E-state index is 5.03. The van der Waals surface area contributed by atoms with Crippen molar-refractivity contribution in [2.24, 2.45) is 0 Å². The Bertz CT molecular complexity index is 422. The largest absolute Gasteiger partial charge is 0.337 e. The minimum Gasteiger partial charge on any atom is -0.337 e. The lowest BCUT2D eigenvalue weighted by Gasteiger charge is -1.92. The fraction of sp³-hybridized carbons (Fsp3) is 0.375. The van der Waals surface area contributed by atoms with E-state index in [2.05, 4.69) is 31.2 Å². The average Bonchev–Trinajstić information content (AvgIpc) is 2.76. The van der Waals surface area contributed by atoms with Gasteiger partial charge in [0.2, 0.25) is 5.89 Å². The lowest BCUT2D eigenvalue weighted by Crippen LogP contribution is -2.00. The highest BCUT2D eigenvalue weighted by Crippen LogP contribution is 2.08. The Balaban J connectivity index is 2.10. The highest BCUT2D eigenvalue weighted by atomic mass is 79.9. The molecule has 0 aromatic carbocycles. The van der Waals surface area contributed by atoms with Gasteiger partial charge in [0, 0.05) is 12.6 Å². The minimum absolute atomic E-state index is 0.513. The van der Waals surface area contributed by atoms with E-state index in [0.717, 1.165) is 16.7 Å². The molecule has 2 aromatic heterocycles. The molecule has 0 bridgehead atoms. The Morgan fingerprint density at radius 2 is 2.43 bits per heavy atom. The smallest absolute Gasteiger partial charge is 0.248 e. The first kappa shape index (κ1) is 9.39. The molecule has 6 heteroatoms. The molecule has 0 radical (unpaired) electrons. The Morgan fingerprint density at radius 1 is 1.57 bits per heavy atom. The van der Waals surface area contributed by atoms with Crippen molar-refractivity contribution in [2.75, 3.05) is 0 Å². The van der Waals surface area contributed by atoms with Gasteiger partial charge in [-0.1, -0.05) is 12.1 Å². The number of aromatic nitrogens is 4. The number of hydrogen-bond acceptors (Lipinski definition) is 4. The quantitative estimate of drug-likeness (QED) is 0.838. The summed E-state index contributed by atoms with van der Waals surface area (Å²) in [5, 5.41) is 7.89. The van der Waals surface area contributed by atoms with E-state index in [1.165, 1.54) is 0 Å². The Hall–Kier alpha value is -1.17. The van der Waals surface area contributed by atoms with Gasteiger partial charge in [-0.15, -0.1) is 0 Å². The summed E-state index contributed by atoms with van der Waals surface area (Å²) in [4.78, 5) is 4.18. The summed E-state index contributed by atoms with van der Waals surface area (Å²) in [7, 11) is 0. The third-order valence-corrected chi connectivity index (χ3v) is 2.13. The molecule has 0 aliphatic rings. The summed E-state index contributed by atoms with van der Waals surface area (Å²) in [6.45, 7) is 2.50. The van der Waals surface area contributed by atoms with Crippen molar-refractivity contribution in [3.05, 3.63) is 28.6 Å². The molecule has 0 atom stereocenters. The highest BCUT2D eigenvalue weighted by molar-refractivity contribution is 9.10. The van der Waals surface area contributed by atoms with Crippen LogP contribution in [0.2, 0.25) is 0 Å². The summed E-state index contributed by atoms with van der Waals surface area (Å²) in [6, 6.07) is 0. The van der Waals surface area contributed by atoms with E-state index >= 15 is 0 Å². The lowest BCUT2D eigenvalue weighted by molar-refractivity contribution is 0.361. The van der Waals surface area contributed by atoms with Gasteiger partial charge in [0.05, 0.1) is 10.7 Å². The first-order valence-corrected chi connectivity index (χ1v) is 5.06. The van der Waals surface area contributed by atoms with E-state index in [4.69, 9.17) is 4.52 Å². The maximum Gasteiger partial charge on any atom is 0.248 e. The maximum absolute atomic E-state index is 5.03. The van der Waals surface area contributed by atoms with Crippen LogP contribution in [0.3, 0.4) is 0 Å². The predicted octanol–water partition coefficient (Wildman–Crippen LogP) is 1.64. The Kier molecular flexibility index (Phi) is 2.62. The normalized spacial score (nSPS) is 10.7. The molecule has 5 nitrogen and oxygen atoms in total. The van der Waals surface area contributed by atoms with Crippen LogP contribution in [0.1, 0.15) is 18.6 Å². The molecule has 2 heterocycles. The Labute approximate surface area is 89.2 Å². The molecule has 0 saturated carbocycles. The third-order valence-electron chi connectivity index (χ3n) is 1.73. The van der Waals surface area contributed by atoms with Crippen molar-refractivity contribution in [3.8, 4) is 0 Å². The van der Waals surface area contributed by atoms with Gasteiger partial charge in [0.1, 0.15) is 6.54 Å². The first-order chi connectivity index (χ1) is 6.78. The number of hydrogen-bond donors (Lipinski definition) is 0. The molecule has 0 spiro atoms. The first-order valence-electron chi connectivity index (χ1n) is 4.27. The van der Waals surface area contributed by atoms with Gasteiger partial charge >= 0.3 is 0 Å². The van der Waals surface area contributed by atoms with E-state index in [0.29, 0.717) is 12.4 Å². The molecule has 74 valence electrons. The number of aryl methyl sites for hydroxylation is 1. The summed E-state index contributed by atoms with van der Waals surface area (Å²) < 4.78 is 7.70. The van der Waals surface area contributed by atoms with E-state index in [1.807, 2.05) is 13.1 Å². The zero-order valence-corrected chi connectivity index (χ0v) is 9.23. The average molecular weight is 257 g/mol. The summed E-state index contributed by atoms with van der Waals surface area (Å²) in [5.41, 5.74) is 0. The second-order valence-electron chi connectivity index (χ2n) is 2.81. The molecule has 0 amide bonds. The predicted molar refractivity (Wildman–Crippen MR) is 52.7 cm³/mol. The zero-order valence-electron chi connectivity index (χ0n) is 7.64. The molecule has 2 aromatic rings. The number of nitrogens with zero attached hydrogens (tertiary/aromatic N) is 4. The van der Waals surface area contributed by atoms with Gasteiger partial charge in [0.25, 0.3) is 0 Å². The monoisotopic (exact) mass is 256 g/mol. The molecule has 0 N–H and O–H groups in total. The van der Waals surface area contributed by atoms with Gasteiger partial charge in [-0.3, -0.25) is 4.68 Å². The number of rotatable bonds is 3. The zero-order chi connectivity index (χ0) is 9.97. The molecule has 0 aliphatic heterocycles. The standard InChI is InChI=1S/C8H9BrN4O/c1-2-7-11-8(14-12-7)5-13-4-6(9)3-10-13/h3-4H,2,5H2,1H3. The molecule has 0 unspecified atom stereocenters. The van der Waals surface area contributed by atoms with Gasteiger partial charge in [-0.25, -0.2) is 0 Å². The summed E-state index contributed by atoms with van der Waals surface area (Å²) in [6.07, 6.45) is 4.36. The van der Waals surface area contributed by atoms with Crippen LogP contribution in [-0.2, 0) is 13.0 Å². The fourth-order valence-corrected chi connectivity index (χ4v) is 1.39. The van der Waals surface area contributed by atoms with Crippen LogP contribution >= 0.6 is 15.9 Å². The number of halogens is 1. The van der Waals surface area contributed by atoms with Gasteiger partial charge in [-0.2, -0.15) is 10.1 Å². The fourth-order valence-electron chi connectivity index (χ4n) is 1.06. The van der Waals surface area contributed by atoms with Crippen LogP contribution in [-0.4, -0.2) is 19.9 Å². The third kappa shape index (κ3) is 2.01. The molecule has 0 aliphatic carbocycles. The molecule has 0 fully saturated rings.